The summed E-state index contributed by atoms with van der Waals surface area (Å²) in [4.78, 5) is 19.9. The summed E-state index contributed by atoms with van der Waals surface area (Å²) in [6, 6.07) is 20.6. The zero-order valence-electron chi connectivity index (χ0n) is 20.0. The van der Waals surface area contributed by atoms with Crippen LogP contribution >= 0.6 is 11.3 Å². The summed E-state index contributed by atoms with van der Waals surface area (Å²) in [6.45, 7) is 2.30. The molecule has 9 heteroatoms. The van der Waals surface area contributed by atoms with E-state index < -0.39 is 16.0 Å². The number of anilines is 1. The number of carbonyl (C=O) groups excluding carboxylic acids is 1. The number of hydrogen-bond acceptors (Lipinski definition) is 7. The van der Waals surface area contributed by atoms with Crippen molar-refractivity contribution < 1.29 is 17.9 Å². The van der Waals surface area contributed by atoms with Crippen LogP contribution in [0.2, 0.25) is 0 Å². The van der Waals surface area contributed by atoms with Crippen LogP contribution in [-0.2, 0) is 16.6 Å². The predicted molar refractivity (Wildman–Crippen MR) is 142 cm³/mol. The van der Waals surface area contributed by atoms with Crippen LogP contribution in [0.5, 0.6) is 5.75 Å². The van der Waals surface area contributed by atoms with Crippen molar-refractivity contribution in [3.63, 3.8) is 0 Å². The van der Waals surface area contributed by atoms with Crippen molar-refractivity contribution in [2.24, 2.45) is 0 Å². The average Bonchev–Trinajstić information content (AvgIpc) is 3.33. The Hall–Kier alpha value is -3.27. The lowest BCUT2D eigenvalue weighted by Crippen LogP contribution is -2.29. The summed E-state index contributed by atoms with van der Waals surface area (Å²) >= 11 is 1.60. The first-order chi connectivity index (χ1) is 17.4. The molecule has 1 aliphatic rings. The smallest absolute Gasteiger partial charge is 0.343 e. The number of rotatable bonds is 7. The molecule has 0 atom stereocenters. The van der Waals surface area contributed by atoms with Crippen molar-refractivity contribution in [1.29, 1.82) is 0 Å². The van der Waals surface area contributed by atoms with Gasteiger partial charge in [0.2, 0.25) is 10.0 Å². The number of aromatic nitrogens is 1. The zero-order valence-corrected chi connectivity index (χ0v) is 21.6. The maximum absolute atomic E-state index is 13.0. The van der Waals surface area contributed by atoms with Crippen molar-refractivity contribution in [1.82, 2.24) is 9.29 Å². The van der Waals surface area contributed by atoms with E-state index in [0.717, 1.165) is 34.0 Å². The normalized spacial score (nSPS) is 14.3. The van der Waals surface area contributed by atoms with Crippen LogP contribution in [-0.4, -0.2) is 43.8 Å². The van der Waals surface area contributed by atoms with Crippen molar-refractivity contribution in [3.05, 3.63) is 83.9 Å². The van der Waals surface area contributed by atoms with Crippen molar-refractivity contribution >= 4 is 42.7 Å². The van der Waals surface area contributed by atoms with Crippen LogP contribution in [0.1, 0.15) is 35.2 Å². The van der Waals surface area contributed by atoms with Gasteiger partial charge in [0.15, 0.2) is 5.13 Å². The van der Waals surface area contributed by atoms with Crippen LogP contribution in [0, 0.1) is 0 Å². The molecule has 1 aromatic heterocycles. The summed E-state index contributed by atoms with van der Waals surface area (Å²) in [6.07, 6.45) is 3.63. The molecule has 0 saturated carbocycles. The van der Waals surface area contributed by atoms with Gasteiger partial charge in [-0.2, -0.15) is 4.31 Å². The van der Waals surface area contributed by atoms with E-state index in [1.807, 2.05) is 42.5 Å². The molecule has 2 heterocycles. The fraction of sp³-hybridized carbons (Fsp3) is 0.259. The van der Waals surface area contributed by atoms with Crippen LogP contribution in [0.3, 0.4) is 0 Å². The maximum Gasteiger partial charge on any atom is 0.343 e. The SMILES string of the molecule is CN(Cc1ccccc1)S(=O)(=O)c1ccc(C(=O)Oc2ccc3nc(N4CCCCC4)sc3c2)cc1. The van der Waals surface area contributed by atoms with E-state index in [1.54, 1.807) is 17.4 Å². The van der Waals surface area contributed by atoms with Gasteiger partial charge in [0.25, 0.3) is 0 Å². The quantitative estimate of drug-likeness (QED) is 0.242. The molecule has 0 aliphatic carbocycles. The summed E-state index contributed by atoms with van der Waals surface area (Å²) in [5, 5.41) is 1.00. The first-order valence-corrected chi connectivity index (χ1v) is 14.1. The second kappa shape index (κ2) is 10.4. The molecule has 0 radical (unpaired) electrons. The fourth-order valence-corrected chi connectivity index (χ4v) is 6.42. The third-order valence-electron chi connectivity index (χ3n) is 6.23. The number of piperidine rings is 1. The number of ether oxygens (including phenoxy) is 1. The summed E-state index contributed by atoms with van der Waals surface area (Å²) in [5.41, 5.74) is 2.05. The van der Waals surface area contributed by atoms with E-state index in [0.29, 0.717) is 5.75 Å². The highest BCUT2D eigenvalue weighted by molar-refractivity contribution is 7.89. The van der Waals surface area contributed by atoms with Crippen LogP contribution < -0.4 is 9.64 Å². The standard InChI is InChI=1S/C27H27N3O4S2/c1-29(19-20-8-4-2-5-9-20)36(32,33)23-13-10-21(11-14-23)26(31)34-22-12-15-24-25(18-22)35-27(28-24)30-16-6-3-7-17-30/h2,4-5,8-15,18H,3,6-7,16-17,19H2,1H3. The molecular weight excluding hydrogens is 494 g/mol. The largest absolute Gasteiger partial charge is 0.423 e. The molecule has 7 nitrogen and oxygen atoms in total. The van der Waals surface area contributed by atoms with Crippen molar-refractivity contribution in [2.75, 3.05) is 25.0 Å². The lowest BCUT2D eigenvalue weighted by Gasteiger charge is -2.25. The molecule has 1 saturated heterocycles. The van der Waals surface area contributed by atoms with Gasteiger partial charge in [-0.25, -0.2) is 18.2 Å². The molecule has 36 heavy (non-hydrogen) atoms. The summed E-state index contributed by atoms with van der Waals surface area (Å²) < 4.78 is 33.7. The minimum atomic E-state index is -3.70. The number of thiazole rings is 1. The van der Waals surface area contributed by atoms with Gasteiger partial charge in [0, 0.05) is 32.7 Å². The Balaban J connectivity index is 1.26. The third kappa shape index (κ3) is 5.28. The minimum Gasteiger partial charge on any atom is -0.423 e. The molecule has 1 fully saturated rings. The zero-order chi connectivity index (χ0) is 25.1. The van der Waals surface area contributed by atoms with Crippen LogP contribution in [0.4, 0.5) is 5.13 Å². The molecule has 0 bridgehead atoms. The number of sulfonamides is 1. The summed E-state index contributed by atoms with van der Waals surface area (Å²) in [5.74, 6) is -0.114. The topological polar surface area (TPSA) is 79.8 Å². The van der Waals surface area contributed by atoms with Gasteiger partial charge in [-0.05, 0) is 61.2 Å². The van der Waals surface area contributed by atoms with Gasteiger partial charge in [-0.1, -0.05) is 41.7 Å². The van der Waals surface area contributed by atoms with Gasteiger partial charge < -0.3 is 9.64 Å². The first kappa shape index (κ1) is 24.4. The molecule has 4 aromatic rings. The number of esters is 1. The van der Waals surface area contributed by atoms with Gasteiger partial charge >= 0.3 is 5.97 Å². The predicted octanol–water partition coefficient (Wildman–Crippen LogP) is 5.33. The molecule has 0 N–H and O–H groups in total. The lowest BCUT2D eigenvalue weighted by atomic mass is 10.1. The van der Waals surface area contributed by atoms with Gasteiger partial charge in [0.05, 0.1) is 20.7 Å². The average molecular weight is 522 g/mol. The highest BCUT2D eigenvalue weighted by atomic mass is 32.2. The Morgan fingerprint density at radius 1 is 1.00 bits per heavy atom. The number of fused-ring (bicyclic) bond motifs is 1. The van der Waals surface area contributed by atoms with E-state index in [2.05, 4.69) is 4.90 Å². The van der Waals surface area contributed by atoms with E-state index in [4.69, 9.17) is 9.72 Å². The molecule has 0 unspecified atom stereocenters. The Morgan fingerprint density at radius 3 is 2.44 bits per heavy atom. The Labute approximate surface area is 215 Å². The molecule has 0 amide bonds. The molecule has 186 valence electrons. The minimum absolute atomic E-state index is 0.119. The van der Waals surface area contributed by atoms with E-state index in [1.165, 1.54) is 54.9 Å². The Kier molecular flexibility index (Phi) is 7.04. The maximum atomic E-state index is 13.0. The number of hydrogen-bond donors (Lipinski definition) is 0. The van der Waals surface area contributed by atoms with E-state index in [9.17, 15) is 13.2 Å². The fourth-order valence-electron chi connectivity index (χ4n) is 4.21. The number of benzene rings is 3. The number of nitrogens with zero attached hydrogens (tertiary/aromatic N) is 3. The second-order valence-electron chi connectivity index (χ2n) is 8.83. The highest BCUT2D eigenvalue weighted by Crippen LogP contribution is 2.33. The van der Waals surface area contributed by atoms with Crippen molar-refractivity contribution in [2.45, 2.75) is 30.7 Å². The lowest BCUT2D eigenvalue weighted by molar-refractivity contribution is 0.0735. The summed E-state index contributed by atoms with van der Waals surface area (Å²) in [7, 11) is -2.16. The van der Waals surface area contributed by atoms with Crippen LogP contribution in [0.25, 0.3) is 10.2 Å². The van der Waals surface area contributed by atoms with Gasteiger partial charge in [-0.3, -0.25) is 0 Å². The molecule has 3 aromatic carbocycles. The molecule has 1 aliphatic heterocycles. The van der Waals surface area contributed by atoms with E-state index >= 15 is 0 Å². The van der Waals surface area contributed by atoms with Crippen molar-refractivity contribution in [3.8, 4) is 5.75 Å². The molecule has 5 rings (SSSR count). The van der Waals surface area contributed by atoms with Gasteiger partial charge in [0.1, 0.15) is 5.75 Å². The van der Waals surface area contributed by atoms with E-state index in [-0.39, 0.29) is 17.0 Å². The molecular formula is C27H27N3O4S2. The highest BCUT2D eigenvalue weighted by Gasteiger charge is 2.22. The van der Waals surface area contributed by atoms with Gasteiger partial charge in [-0.15, -0.1) is 0 Å². The first-order valence-electron chi connectivity index (χ1n) is 11.9. The monoisotopic (exact) mass is 521 g/mol. The van der Waals surface area contributed by atoms with Crippen LogP contribution in [0.15, 0.2) is 77.7 Å². The Bertz CT molecular complexity index is 1460. The number of carbonyl (C=O) groups is 1. The molecule has 0 spiro atoms. The third-order valence-corrected chi connectivity index (χ3v) is 9.13. The second-order valence-corrected chi connectivity index (χ2v) is 11.9. The Morgan fingerprint density at radius 2 is 1.72 bits per heavy atom.